The number of pyridine rings is 1. The Labute approximate surface area is 172 Å². The molecule has 1 fully saturated rings. The van der Waals surface area contributed by atoms with Gasteiger partial charge in [0, 0.05) is 19.3 Å². The number of amides is 2. The lowest BCUT2D eigenvalue weighted by molar-refractivity contribution is -0.124. The van der Waals surface area contributed by atoms with Gasteiger partial charge >= 0.3 is 0 Å². The number of carbonyl (C=O) groups is 2. The Bertz CT molecular complexity index is 998. The zero-order valence-corrected chi connectivity index (χ0v) is 16.3. The minimum absolute atomic E-state index is 0.0806. The van der Waals surface area contributed by atoms with E-state index in [1.807, 2.05) is 23.1 Å². The maximum Gasteiger partial charge on any atom is 0.250 e. The normalized spacial score (nSPS) is 19.2. The Morgan fingerprint density at radius 1 is 1.28 bits per heavy atom. The third-order valence-corrected chi connectivity index (χ3v) is 5.62. The maximum absolute atomic E-state index is 13.0. The number of hydrogen-bond acceptors (Lipinski definition) is 6. The fourth-order valence-electron chi connectivity index (χ4n) is 4.03. The molecule has 0 bridgehead atoms. The summed E-state index contributed by atoms with van der Waals surface area (Å²) in [6.45, 7) is 1.23. The van der Waals surface area contributed by atoms with E-state index in [0.29, 0.717) is 34.6 Å². The number of halogens is 1. The van der Waals surface area contributed by atoms with Crippen molar-refractivity contribution in [3.63, 3.8) is 0 Å². The van der Waals surface area contributed by atoms with Crippen LogP contribution in [0.2, 0.25) is 5.02 Å². The van der Waals surface area contributed by atoms with E-state index in [1.165, 1.54) is 4.90 Å². The Morgan fingerprint density at radius 3 is 3.03 bits per heavy atom. The van der Waals surface area contributed by atoms with E-state index >= 15 is 0 Å². The van der Waals surface area contributed by atoms with Gasteiger partial charge in [-0.25, -0.2) is 4.98 Å². The number of rotatable bonds is 4. The second-order valence-electron chi connectivity index (χ2n) is 7.24. The number of nitrogens with zero attached hydrogens (tertiary/aromatic N) is 3. The highest BCUT2D eigenvalue weighted by atomic mass is 35.5. The summed E-state index contributed by atoms with van der Waals surface area (Å²) < 4.78 is 10.7. The molecule has 1 atom stereocenters. The van der Waals surface area contributed by atoms with E-state index < -0.39 is 0 Å². The van der Waals surface area contributed by atoms with Crippen LogP contribution in [0.3, 0.4) is 0 Å². The second-order valence-corrected chi connectivity index (χ2v) is 7.67. The SMILES string of the molecule is O=C(CN1C(=O)C2CCCN2c2ncc(Cl)cc21)NCc1ccc2c(c1)OCO2. The molecule has 1 unspecified atom stereocenters. The summed E-state index contributed by atoms with van der Waals surface area (Å²) >= 11 is 6.12. The monoisotopic (exact) mass is 414 g/mol. The first-order valence-corrected chi connectivity index (χ1v) is 9.87. The van der Waals surface area contributed by atoms with Crippen molar-refractivity contribution in [2.24, 2.45) is 0 Å². The van der Waals surface area contributed by atoms with Gasteiger partial charge in [-0.2, -0.15) is 0 Å². The largest absolute Gasteiger partial charge is 0.454 e. The third-order valence-electron chi connectivity index (χ3n) is 5.41. The van der Waals surface area contributed by atoms with Crippen molar-refractivity contribution in [1.82, 2.24) is 10.3 Å². The molecule has 0 saturated carbocycles. The number of nitrogens with one attached hydrogen (secondary N) is 1. The highest BCUT2D eigenvalue weighted by Crippen LogP contribution is 2.39. The summed E-state index contributed by atoms with van der Waals surface area (Å²) in [6, 6.07) is 6.95. The molecular weight excluding hydrogens is 396 g/mol. The minimum atomic E-state index is -0.266. The lowest BCUT2D eigenvalue weighted by Gasteiger charge is -2.38. The van der Waals surface area contributed by atoms with Crippen LogP contribution in [0.4, 0.5) is 11.5 Å². The minimum Gasteiger partial charge on any atom is -0.454 e. The highest BCUT2D eigenvalue weighted by Gasteiger charge is 2.42. The number of fused-ring (bicyclic) bond motifs is 4. The molecule has 150 valence electrons. The second kappa shape index (κ2) is 7.11. The summed E-state index contributed by atoms with van der Waals surface area (Å²) in [5, 5.41) is 3.30. The Kier molecular flexibility index (Phi) is 4.43. The Morgan fingerprint density at radius 2 is 2.14 bits per heavy atom. The van der Waals surface area contributed by atoms with Crippen LogP contribution in [-0.2, 0) is 16.1 Å². The lowest BCUT2D eigenvalue weighted by atomic mass is 10.1. The van der Waals surface area contributed by atoms with Crippen LogP contribution in [0, 0.1) is 0 Å². The van der Waals surface area contributed by atoms with Crippen LogP contribution in [-0.4, -0.2) is 42.7 Å². The van der Waals surface area contributed by atoms with Crippen molar-refractivity contribution in [3.8, 4) is 11.5 Å². The van der Waals surface area contributed by atoms with E-state index in [9.17, 15) is 9.59 Å². The fraction of sp³-hybridized carbons (Fsp3) is 0.350. The molecule has 1 saturated heterocycles. The standard InChI is InChI=1S/C20H19ClN4O4/c21-13-7-15-19(23-9-13)24-5-1-2-14(24)20(27)25(15)10-18(26)22-8-12-3-4-16-17(6-12)29-11-28-16/h3-4,6-7,9,14H,1-2,5,8,10-11H2,(H,22,26). The molecular formula is C20H19ClN4O4. The smallest absolute Gasteiger partial charge is 0.250 e. The molecule has 29 heavy (non-hydrogen) atoms. The van der Waals surface area contributed by atoms with Gasteiger partial charge in [-0.05, 0) is 36.6 Å². The zero-order valence-electron chi connectivity index (χ0n) is 15.6. The summed E-state index contributed by atoms with van der Waals surface area (Å²) in [4.78, 5) is 33.6. The van der Waals surface area contributed by atoms with Crippen molar-refractivity contribution in [1.29, 1.82) is 0 Å². The van der Waals surface area contributed by atoms with Crippen molar-refractivity contribution in [3.05, 3.63) is 41.0 Å². The van der Waals surface area contributed by atoms with Gasteiger partial charge in [0.25, 0.3) is 0 Å². The summed E-state index contributed by atoms with van der Waals surface area (Å²) in [5.41, 5.74) is 1.47. The average molecular weight is 415 g/mol. The van der Waals surface area contributed by atoms with Gasteiger partial charge in [-0.1, -0.05) is 17.7 Å². The summed E-state index contributed by atoms with van der Waals surface area (Å²) in [7, 11) is 0. The summed E-state index contributed by atoms with van der Waals surface area (Å²) in [6.07, 6.45) is 3.26. The first kappa shape index (κ1) is 18.1. The highest BCUT2D eigenvalue weighted by molar-refractivity contribution is 6.31. The fourth-order valence-corrected chi connectivity index (χ4v) is 4.18. The van der Waals surface area contributed by atoms with Gasteiger partial charge in [0.2, 0.25) is 18.6 Å². The molecule has 3 aliphatic rings. The molecule has 0 aliphatic carbocycles. The third kappa shape index (κ3) is 3.23. The number of benzene rings is 1. The lowest BCUT2D eigenvalue weighted by Crippen LogP contribution is -2.53. The van der Waals surface area contributed by atoms with Crippen molar-refractivity contribution in [2.45, 2.75) is 25.4 Å². The van der Waals surface area contributed by atoms with Crippen LogP contribution >= 0.6 is 11.6 Å². The van der Waals surface area contributed by atoms with Crippen molar-refractivity contribution >= 4 is 34.9 Å². The van der Waals surface area contributed by atoms with Crippen LogP contribution in [0.5, 0.6) is 11.5 Å². The van der Waals surface area contributed by atoms with Gasteiger partial charge in [0.05, 0.1) is 10.7 Å². The van der Waals surface area contributed by atoms with Gasteiger partial charge in [-0.15, -0.1) is 0 Å². The zero-order chi connectivity index (χ0) is 20.0. The molecule has 4 heterocycles. The molecule has 5 rings (SSSR count). The molecule has 2 amide bonds. The molecule has 0 radical (unpaired) electrons. The van der Waals surface area contributed by atoms with Crippen LogP contribution in [0.25, 0.3) is 0 Å². The first-order chi connectivity index (χ1) is 14.1. The molecule has 1 aromatic heterocycles. The molecule has 1 aromatic carbocycles. The quantitative estimate of drug-likeness (QED) is 0.824. The van der Waals surface area contributed by atoms with Gasteiger partial charge < -0.3 is 19.7 Å². The first-order valence-electron chi connectivity index (χ1n) is 9.49. The van der Waals surface area contributed by atoms with E-state index in [4.69, 9.17) is 21.1 Å². The van der Waals surface area contributed by atoms with E-state index in [1.54, 1.807) is 12.3 Å². The number of carbonyl (C=O) groups excluding carboxylic acids is 2. The molecule has 1 N–H and O–H groups in total. The van der Waals surface area contributed by atoms with E-state index in [-0.39, 0.29) is 31.2 Å². The number of hydrogen-bond donors (Lipinski definition) is 1. The Balaban J connectivity index is 1.31. The predicted molar refractivity (Wildman–Crippen MR) is 106 cm³/mol. The van der Waals surface area contributed by atoms with Gasteiger partial charge in [0.1, 0.15) is 12.6 Å². The molecule has 3 aliphatic heterocycles. The predicted octanol–water partition coefficient (Wildman–Crippen LogP) is 2.10. The molecule has 8 nitrogen and oxygen atoms in total. The van der Waals surface area contributed by atoms with Gasteiger partial charge in [0.15, 0.2) is 17.3 Å². The number of aromatic nitrogens is 1. The molecule has 0 spiro atoms. The summed E-state index contributed by atoms with van der Waals surface area (Å²) in [5.74, 6) is 1.73. The van der Waals surface area contributed by atoms with Crippen LogP contribution in [0.15, 0.2) is 30.5 Å². The maximum atomic E-state index is 13.0. The van der Waals surface area contributed by atoms with E-state index in [2.05, 4.69) is 10.3 Å². The Hall–Kier alpha value is -3.00. The number of anilines is 2. The van der Waals surface area contributed by atoms with Crippen LogP contribution < -0.4 is 24.6 Å². The van der Waals surface area contributed by atoms with Crippen LogP contribution in [0.1, 0.15) is 18.4 Å². The molecule has 2 aromatic rings. The number of ether oxygens (including phenoxy) is 2. The van der Waals surface area contributed by atoms with E-state index in [0.717, 1.165) is 24.9 Å². The van der Waals surface area contributed by atoms with Crippen molar-refractivity contribution < 1.29 is 19.1 Å². The topological polar surface area (TPSA) is 84.0 Å². The molecule has 9 heteroatoms. The average Bonchev–Trinajstić information content (AvgIpc) is 3.38. The van der Waals surface area contributed by atoms with Gasteiger partial charge in [-0.3, -0.25) is 14.5 Å². The van der Waals surface area contributed by atoms with Crippen molar-refractivity contribution in [2.75, 3.05) is 29.7 Å².